The lowest BCUT2D eigenvalue weighted by molar-refractivity contribution is 0.102. The Morgan fingerprint density at radius 1 is 1.44 bits per heavy atom. The number of fused-ring (bicyclic) bond motifs is 1. The maximum atomic E-state index is 11.9. The number of anilines is 1. The molecule has 0 fully saturated rings. The zero-order chi connectivity index (χ0) is 12.7. The third-order valence-electron chi connectivity index (χ3n) is 2.37. The summed E-state index contributed by atoms with van der Waals surface area (Å²) in [5, 5.41) is 6.33. The highest BCUT2D eigenvalue weighted by molar-refractivity contribution is 7.17. The van der Waals surface area contributed by atoms with E-state index in [-0.39, 0.29) is 5.91 Å². The first-order valence-corrected chi connectivity index (χ1v) is 6.13. The summed E-state index contributed by atoms with van der Waals surface area (Å²) in [5.74, 6) is 0.744. The number of hydrogen-bond donors (Lipinski definition) is 1. The van der Waals surface area contributed by atoms with E-state index in [2.05, 4.69) is 15.5 Å². The lowest BCUT2D eigenvalue weighted by atomic mass is 10.4. The molecule has 0 aliphatic carbocycles. The molecule has 0 spiro atoms. The van der Waals surface area contributed by atoms with Gasteiger partial charge in [-0.25, -0.2) is 4.98 Å². The molecule has 0 aromatic carbocycles. The van der Waals surface area contributed by atoms with Crippen LogP contribution in [0.1, 0.15) is 21.1 Å². The summed E-state index contributed by atoms with van der Waals surface area (Å²) in [4.78, 5) is 18.1. The van der Waals surface area contributed by atoms with Crippen LogP contribution < -0.4 is 5.32 Å². The highest BCUT2D eigenvalue weighted by Crippen LogP contribution is 2.17. The molecule has 3 heterocycles. The van der Waals surface area contributed by atoms with Crippen molar-refractivity contribution in [3.8, 4) is 0 Å². The topological polar surface area (TPSA) is 72.4 Å². The second-order valence-electron chi connectivity index (χ2n) is 3.93. The molecule has 0 saturated carbocycles. The zero-order valence-electron chi connectivity index (χ0n) is 9.80. The smallest absolute Gasteiger partial charge is 0.277 e. The first-order chi connectivity index (χ1) is 8.61. The van der Waals surface area contributed by atoms with Crippen molar-refractivity contribution in [1.82, 2.24) is 14.5 Å². The minimum atomic E-state index is -0.295. The van der Waals surface area contributed by atoms with Crippen molar-refractivity contribution < 1.29 is 9.32 Å². The normalized spacial score (nSPS) is 11.0. The molecule has 0 aliphatic heterocycles. The van der Waals surface area contributed by atoms with Crippen LogP contribution in [0.5, 0.6) is 0 Å². The van der Waals surface area contributed by atoms with E-state index in [1.54, 1.807) is 19.2 Å². The molecule has 3 aromatic heterocycles. The molecule has 1 amide bonds. The van der Waals surface area contributed by atoms with E-state index in [0.717, 1.165) is 9.84 Å². The number of nitrogens with one attached hydrogen (secondary N) is 1. The van der Waals surface area contributed by atoms with Crippen LogP contribution in [-0.2, 0) is 0 Å². The van der Waals surface area contributed by atoms with Crippen LogP contribution in [0.15, 0.2) is 23.0 Å². The van der Waals surface area contributed by atoms with Crippen LogP contribution in [-0.4, -0.2) is 20.4 Å². The first kappa shape index (κ1) is 11.0. The van der Waals surface area contributed by atoms with Gasteiger partial charge in [0.2, 0.25) is 0 Å². The molecule has 92 valence electrons. The summed E-state index contributed by atoms with van der Waals surface area (Å²) in [6.07, 6.45) is 3.63. The van der Waals surface area contributed by atoms with Gasteiger partial charge >= 0.3 is 0 Å². The Morgan fingerprint density at radius 2 is 2.28 bits per heavy atom. The number of aromatic nitrogens is 3. The van der Waals surface area contributed by atoms with Crippen LogP contribution in [0.3, 0.4) is 0 Å². The highest BCUT2D eigenvalue weighted by Gasteiger charge is 2.13. The van der Waals surface area contributed by atoms with E-state index in [1.165, 1.54) is 11.3 Å². The Hall–Kier alpha value is -2.15. The van der Waals surface area contributed by atoms with Crippen molar-refractivity contribution >= 4 is 28.0 Å². The number of amides is 1. The summed E-state index contributed by atoms with van der Waals surface area (Å²) in [6.45, 7) is 3.76. The number of imidazole rings is 1. The molecule has 1 N–H and O–H groups in total. The van der Waals surface area contributed by atoms with Gasteiger partial charge in [0.1, 0.15) is 11.5 Å². The van der Waals surface area contributed by atoms with Gasteiger partial charge in [0.05, 0.1) is 0 Å². The largest absolute Gasteiger partial charge is 0.360 e. The third kappa shape index (κ3) is 1.88. The number of carbonyl (C=O) groups is 1. The third-order valence-corrected chi connectivity index (χ3v) is 3.29. The van der Waals surface area contributed by atoms with E-state index in [9.17, 15) is 4.79 Å². The second-order valence-corrected chi connectivity index (χ2v) is 5.15. The molecule has 0 atom stereocenters. The van der Waals surface area contributed by atoms with Gasteiger partial charge in [-0.1, -0.05) is 5.16 Å². The molecule has 0 bridgehead atoms. The SMILES string of the molecule is Cc1cc(NC(=O)c2cn3cc(C)sc3n2)no1. The van der Waals surface area contributed by atoms with Crippen LogP contribution >= 0.6 is 11.3 Å². The van der Waals surface area contributed by atoms with Crippen LogP contribution in [0.2, 0.25) is 0 Å². The molecule has 3 rings (SSSR count). The number of hydrogen-bond acceptors (Lipinski definition) is 5. The van der Waals surface area contributed by atoms with E-state index < -0.39 is 0 Å². The van der Waals surface area contributed by atoms with Gasteiger partial charge in [0.15, 0.2) is 10.8 Å². The zero-order valence-corrected chi connectivity index (χ0v) is 10.6. The quantitative estimate of drug-likeness (QED) is 0.768. The Balaban J connectivity index is 1.85. The van der Waals surface area contributed by atoms with Crippen molar-refractivity contribution in [3.63, 3.8) is 0 Å². The summed E-state index contributed by atoms with van der Waals surface area (Å²) >= 11 is 1.54. The molecule has 6 nitrogen and oxygen atoms in total. The maximum absolute atomic E-state index is 11.9. The van der Waals surface area contributed by atoms with Gasteiger partial charge in [0.25, 0.3) is 5.91 Å². The maximum Gasteiger partial charge on any atom is 0.277 e. The number of rotatable bonds is 2. The molecule has 3 aromatic rings. The van der Waals surface area contributed by atoms with Gasteiger partial charge in [0, 0.05) is 23.3 Å². The highest BCUT2D eigenvalue weighted by atomic mass is 32.1. The second kappa shape index (κ2) is 3.95. The number of aryl methyl sites for hydroxylation is 2. The molecule has 0 aliphatic rings. The molecule has 18 heavy (non-hydrogen) atoms. The predicted molar refractivity (Wildman–Crippen MR) is 67.0 cm³/mol. The van der Waals surface area contributed by atoms with Crippen molar-refractivity contribution in [1.29, 1.82) is 0 Å². The molecule has 0 radical (unpaired) electrons. The summed E-state index contributed by atoms with van der Waals surface area (Å²) in [6, 6.07) is 1.65. The average Bonchev–Trinajstić information content (AvgIpc) is 2.92. The van der Waals surface area contributed by atoms with Crippen molar-refractivity contribution in [2.45, 2.75) is 13.8 Å². The fourth-order valence-electron chi connectivity index (χ4n) is 1.63. The molecular weight excluding hydrogens is 252 g/mol. The standard InChI is InChI=1S/C11H10N4O2S/c1-6-3-9(14-17-6)13-10(16)8-5-15-4-7(2)18-11(15)12-8/h3-5H,1-2H3,(H,13,14,16). The molecule has 0 saturated heterocycles. The Labute approximate surface area is 106 Å². The molecule has 7 heteroatoms. The van der Waals surface area contributed by atoms with Crippen LogP contribution in [0.4, 0.5) is 5.82 Å². The summed E-state index contributed by atoms with van der Waals surface area (Å²) in [5.41, 5.74) is 0.363. The van der Waals surface area contributed by atoms with Gasteiger partial charge < -0.3 is 9.84 Å². The Morgan fingerprint density at radius 3 is 2.94 bits per heavy atom. The monoisotopic (exact) mass is 262 g/mol. The van der Waals surface area contributed by atoms with Gasteiger partial charge in [-0.15, -0.1) is 11.3 Å². The van der Waals surface area contributed by atoms with Crippen molar-refractivity contribution in [3.05, 3.63) is 34.8 Å². The number of thiazole rings is 1. The van der Waals surface area contributed by atoms with Crippen LogP contribution in [0.25, 0.3) is 4.96 Å². The fraction of sp³-hybridized carbons (Fsp3) is 0.182. The lowest BCUT2D eigenvalue weighted by Crippen LogP contribution is -2.12. The van der Waals surface area contributed by atoms with Gasteiger partial charge in [-0.2, -0.15) is 0 Å². The van der Waals surface area contributed by atoms with Gasteiger partial charge in [-0.05, 0) is 13.8 Å². The van der Waals surface area contributed by atoms with Crippen LogP contribution in [0, 0.1) is 13.8 Å². The van der Waals surface area contributed by atoms with E-state index in [4.69, 9.17) is 4.52 Å². The number of carbonyl (C=O) groups excluding carboxylic acids is 1. The van der Waals surface area contributed by atoms with Gasteiger partial charge in [-0.3, -0.25) is 9.20 Å². The van der Waals surface area contributed by atoms with E-state index >= 15 is 0 Å². The number of nitrogens with zero attached hydrogens (tertiary/aromatic N) is 3. The summed E-state index contributed by atoms with van der Waals surface area (Å²) in [7, 11) is 0. The fourth-order valence-corrected chi connectivity index (χ4v) is 2.43. The first-order valence-electron chi connectivity index (χ1n) is 5.31. The Kier molecular flexibility index (Phi) is 2.41. The summed E-state index contributed by atoms with van der Waals surface area (Å²) < 4.78 is 6.71. The lowest BCUT2D eigenvalue weighted by Gasteiger charge is -1.95. The van der Waals surface area contributed by atoms with Crippen molar-refractivity contribution in [2.24, 2.45) is 0 Å². The average molecular weight is 262 g/mol. The molecular formula is C11H10N4O2S. The van der Waals surface area contributed by atoms with E-state index in [1.807, 2.05) is 17.5 Å². The molecule has 0 unspecified atom stereocenters. The Bertz CT molecular complexity index is 693. The minimum Gasteiger partial charge on any atom is -0.360 e. The predicted octanol–water partition coefficient (Wildman–Crippen LogP) is 2.25. The van der Waals surface area contributed by atoms with Crippen molar-refractivity contribution in [2.75, 3.05) is 5.32 Å². The van der Waals surface area contributed by atoms with E-state index in [0.29, 0.717) is 17.3 Å². The minimum absolute atomic E-state index is 0.295.